The Kier molecular flexibility index (Phi) is 4.18. The standard InChI is InChI=1S/C15H22N2O2S/c1-5-11(12-8-7-9-20-12)17-10(3)13(18)16-15(4,6-2)14(17)19/h7-11H,5-6H2,1-4H3,(H,16,18). The summed E-state index contributed by atoms with van der Waals surface area (Å²) >= 11 is 1.64. The summed E-state index contributed by atoms with van der Waals surface area (Å²) < 4.78 is 0. The smallest absolute Gasteiger partial charge is 0.249 e. The first-order valence-corrected chi connectivity index (χ1v) is 8.00. The van der Waals surface area contributed by atoms with E-state index < -0.39 is 11.6 Å². The number of nitrogens with zero attached hydrogens (tertiary/aromatic N) is 1. The summed E-state index contributed by atoms with van der Waals surface area (Å²) in [5.41, 5.74) is -0.783. The third-order valence-electron chi connectivity index (χ3n) is 4.20. The van der Waals surface area contributed by atoms with Gasteiger partial charge in [-0.25, -0.2) is 0 Å². The fourth-order valence-electron chi connectivity index (χ4n) is 2.68. The first-order valence-electron chi connectivity index (χ1n) is 7.12. The number of carbonyl (C=O) groups excluding carboxylic acids is 2. The van der Waals surface area contributed by atoms with Crippen LogP contribution in [0.2, 0.25) is 0 Å². The number of nitrogens with one attached hydrogen (secondary N) is 1. The minimum atomic E-state index is -0.783. The molecule has 0 radical (unpaired) electrons. The van der Waals surface area contributed by atoms with E-state index in [-0.39, 0.29) is 17.9 Å². The van der Waals surface area contributed by atoms with E-state index in [1.807, 2.05) is 31.4 Å². The number of carbonyl (C=O) groups is 2. The molecule has 1 aromatic heterocycles. The fourth-order valence-corrected chi connectivity index (χ4v) is 3.59. The van der Waals surface area contributed by atoms with Crippen LogP contribution in [0.15, 0.2) is 17.5 Å². The summed E-state index contributed by atoms with van der Waals surface area (Å²) in [6.45, 7) is 7.60. The van der Waals surface area contributed by atoms with Crippen LogP contribution in [0.4, 0.5) is 0 Å². The molecule has 1 aromatic rings. The second-order valence-corrected chi connectivity index (χ2v) is 6.48. The molecule has 1 fully saturated rings. The Morgan fingerprint density at radius 3 is 2.65 bits per heavy atom. The number of hydrogen-bond acceptors (Lipinski definition) is 3. The van der Waals surface area contributed by atoms with Crippen LogP contribution < -0.4 is 5.32 Å². The van der Waals surface area contributed by atoms with Crippen molar-refractivity contribution in [2.45, 2.75) is 58.2 Å². The lowest BCUT2D eigenvalue weighted by Gasteiger charge is -2.46. The van der Waals surface area contributed by atoms with Crippen molar-refractivity contribution in [2.24, 2.45) is 0 Å². The quantitative estimate of drug-likeness (QED) is 0.928. The highest BCUT2D eigenvalue weighted by molar-refractivity contribution is 7.10. The van der Waals surface area contributed by atoms with Gasteiger partial charge in [0.1, 0.15) is 11.6 Å². The van der Waals surface area contributed by atoms with Gasteiger partial charge >= 0.3 is 0 Å². The predicted octanol–water partition coefficient (Wildman–Crippen LogP) is 2.71. The Hall–Kier alpha value is -1.36. The Labute approximate surface area is 124 Å². The normalized spacial score (nSPS) is 28.4. The molecule has 0 aliphatic carbocycles. The van der Waals surface area contributed by atoms with E-state index in [4.69, 9.17) is 0 Å². The molecule has 5 heteroatoms. The lowest BCUT2D eigenvalue weighted by Crippen LogP contribution is -2.68. The van der Waals surface area contributed by atoms with Gasteiger partial charge in [0.25, 0.3) is 0 Å². The molecule has 4 nitrogen and oxygen atoms in total. The van der Waals surface area contributed by atoms with Crippen LogP contribution in [-0.4, -0.2) is 28.3 Å². The monoisotopic (exact) mass is 294 g/mol. The van der Waals surface area contributed by atoms with Crippen LogP contribution >= 0.6 is 11.3 Å². The molecule has 3 atom stereocenters. The SMILES string of the molecule is CCC(c1cccs1)N1C(=O)C(C)(CC)NC(=O)C1C. The third-order valence-corrected chi connectivity index (χ3v) is 5.18. The largest absolute Gasteiger partial charge is 0.340 e. The Morgan fingerprint density at radius 1 is 1.45 bits per heavy atom. The summed E-state index contributed by atoms with van der Waals surface area (Å²) in [6.07, 6.45) is 1.41. The minimum Gasteiger partial charge on any atom is -0.340 e. The number of piperazine rings is 1. The second-order valence-electron chi connectivity index (χ2n) is 5.50. The maximum absolute atomic E-state index is 12.8. The van der Waals surface area contributed by atoms with Crippen molar-refractivity contribution < 1.29 is 9.59 Å². The molecule has 1 aliphatic rings. The molecule has 1 N–H and O–H groups in total. The Balaban J connectivity index is 2.40. The predicted molar refractivity (Wildman–Crippen MR) is 80.5 cm³/mol. The molecule has 1 aliphatic heterocycles. The van der Waals surface area contributed by atoms with Gasteiger partial charge in [-0.1, -0.05) is 19.9 Å². The van der Waals surface area contributed by atoms with Crippen molar-refractivity contribution in [1.82, 2.24) is 10.2 Å². The maximum Gasteiger partial charge on any atom is 0.249 e. The molecule has 0 aromatic carbocycles. The third kappa shape index (κ3) is 2.35. The first kappa shape index (κ1) is 15.0. The molecule has 20 heavy (non-hydrogen) atoms. The Bertz CT molecular complexity index is 500. The molecule has 0 saturated carbocycles. The van der Waals surface area contributed by atoms with E-state index in [9.17, 15) is 9.59 Å². The summed E-state index contributed by atoms with van der Waals surface area (Å²) in [4.78, 5) is 28.0. The van der Waals surface area contributed by atoms with Crippen molar-refractivity contribution in [3.05, 3.63) is 22.4 Å². The molecule has 2 rings (SSSR count). The van der Waals surface area contributed by atoms with Crippen molar-refractivity contribution in [2.75, 3.05) is 0 Å². The van der Waals surface area contributed by atoms with E-state index in [1.165, 1.54) is 0 Å². The summed E-state index contributed by atoms with van der Waals surface area (Å²) in [7, 11) is 0. The van der Waals surface area contributed by atoms with E-state index in [0.29, 0.717) is 6.42 Å². The summed E-state index contributed by atoms with van der Waals surface area (Å²) in [5, 5.41) is 4.88. The zero-order chi connectivity index (χ0) is 14.9. The lowest BCUT2D eigenvalue weighted by molar-refractivity contribution is -0.156. The second kappa shape index (κ2) is 5.56. The summed E-state index contributed by atoms with van der Waals surface area (Å²) in [6, 6.07) is 3.58. The van der Waals surface area contributed by atoms with Crippen LogP contribution in [0, 0.1) is 0 Å². The molecule has 0 spiro atoms. The summed E-state index contributed by atoms with van der Waals surface area (Å²) in [5.74, 6) is -0.0451. The molecule has 3 unspecified atom stereocenters. The number of amides is 2. The van der Waals surface area contributed by atoms with Gasteiger partial charge in [0.15, 0.2) is 0 Å². The minimum absolute atomic E-state index is 0.0191. The molecule has 2 heterocycles. The molecule has 0 bridgehead atoms. The molecule has 1 saturated heterocycles. The van der Waals surface area contributed by atoms with E-state index in [0.717, 1.165) is 11.3 Å². The van der Waals surface area contributed by atoms with Crippen LogP contribution in [0.5, 0.6) is 0 Å². The molecular formula is C15H22N2O2S. The highest BCUT2D eigenvalue weighted by Gasteiger charge is 2.47. The van der Waals surface area contributed by atoms with Crippen molar-refractivity contribution in [3.63, 3.8) is 0 Å². The van der Waals surface area contributed by atoms with Gasteiger partial charge in [0, 0.05) is 4.88 Å². The molecular weight excluding hydrogens is 272 g/mol. The zero-order valence-corrected chi connectivity index (χ0v) is 13.3. The van der Waals surface area contributed by atoms with Gasteiger partial charge in [-0.2, -0.15) is 0 Å². The highest BCUT2D eigenvalue weighted by atomic mass is 32.1. The average molecular weight is 294 g/mol. The Morgan fingerprint density at radius 2 is 2.15 bits per heavy atom. The van der Waals surface area contributed by atoms with Crippen LogP contribution in [0.3, 0.4) is 0 Å². The van der Waals surface area contributed by atoms with E-state index in [1.54, 1.807) is 23.2 Å². The van der Waals surface area contributed by atoms with E-state index in [2.05, 4.69) is 12.2 Å². The number of rotatable bonds is 4. The first-order chi connectivity index (χ1) is 9.44. The van der Waals surface area contributed by atoms with E-state index >= 15 is 0 Å². The van der Waals surface area contributed by atoms with Gasteiger partial charge in [0.05, 0.1) is 6.04 Å². The molecule has 2 amide bonds. The van der Waals surface area contributed by atoms with Crippen molar-refractivity contribution >= 4 is 23.2 Å². The van der Waals surface area contributed by atoms with Crippen LogP contribution in [0.25, 0.3) is 0 Å². The van der Waals surface area contributed by atoms with Gasteiger partial charge < -0.3 is 10.2 Å². The van der Waals surface area contributed by atoms with Crippen molar-refractivity contribution in [3.8, 4) is 0 Å². The average Bonchev–Trinajstić information content (AvgIpc) is 2.95. The number of thiophene rings is 1. The van der Waals surface area contributed by atoms with Gasteiger partial charge in [0.2, 0.25) is 11.8 Å². The fraction of sp³-hybridized carbons (Fsp3) is 0.600. The lowest BCUT2D eigenvalue weighted by atomic mass is 9.90. The highest BCUT2D eigenvalue weighted by Crippen LogP contribution is 2.34. The molecule has 110 valence electrons. The van der Waals surface area contributed by atoms with Crippen LogP contribution in [-0.2, 0) is 9.59 Å². The van der Waals surface area contributed by atoms with Crippen LogP contribution in [0.1, 0.15) is 51.5 Å². The van der Waals surface area contributed by atoms with Crippen molar-refractivity contribution in [1.29, 1.82) is 0 Å². The zero-order valence-electron chi connectivity index (χ0n) is 12.5. The number of hydrogen-bond donors (Lipinski definition) is 1. The van der Waals surface area contributed by atoms with Gasteiger partial charge in [-0.05, 0) is 38.1 Å². The van der Waals surface area contributed by atoms with Gasteiger partial charge in [-0.3, -0.25) is 9.59 Å². The topological polar surface area (TPSA) is 49.4 Å². The maximum atomic E-state index is 12.8. The van der Waals surface area contributed by atoms with Gasteiger partial charge in [-0.15, -0.1) is 11.3 Å².